The van der Waals surface area contributed by atoms with E-state index in [9.17, 15) is 5.11 Å². The van der Waals surface area contributed by atoms with E-state index in [2.05, 4.69) is 5.32 Å². The molecule has 19 heavy (non-hydrogen) atoms. The van der Waals surface area contributed by atoms with Gasteiger partial charge in [0.25, 0.3) is 0 Å². The molecule has 0 bridgehead atoms. The van der Waals surface area contributed by atoms with E-state index in [1.807, 2.05) is 12.1 Å². The Bertz CT molecular complexity index is 318. The molecule has 1 aliphatic carbocycles. The first-order valence-corrected chi connectivity index (χ1v) is 7.36. The van der Waals surface area contributed by atoms with Gasteiger partial charge in [0, 0.05) is 12.6 Å². The highest BCUT2D eigenvalue weighted by Crippen LogP contribution is 2.17. The zero-order chi connectivity index (χ0) is 13.3. The first kappa shape index (κ1) is 14.6. The van der Waals surface area contributed by atoms with Crippen LogP contribution in [0.15, 0.2) is 22.8 Å². The lowest BCUT2D eigenvalue weighted by Gasteiger charge is -2.19. The minimum absolute atomic E-state index is 0.348. The molecular formula is C15H25NO3. The number of rotatable bonds is 7. The second-order valence-electron chi connectivity index (χ2n) is 5.35. The largest absolute Gasteiger partial charge is 0.467 e. The molecule has 1 aromatic heterocycles. The van der Waals surface area contributed by atoms with Crippen molar-refractivity contribution in [3.05, 3.63) is 24.2 Å². The summed E-state index contributed by atoms with van der Waals surface area (Å²) in [5.41, 5.74) is 0. The summed E-state index contributed by atoms with van der Waals surface area (Å²) in [5.74, 6) is 0.795. The molecule has 108 valence electrons. The molecule has 1 saturated carbocycles. The van der Waals surface area contributed by atoms with Crippen molar-refractivity contribution in [2.24, 2.45) is 0 Å². The van der Waals surface area contributed by atoms with Crippen LogP contribution in [0.1, 0.15) is 44.3 Å². The van der Waals surface area contributed by atoms with Crippen LogP contribution in [0.5, 0.6) is 0 Å². The summed E-state index contributed by atoms with van der Waals surface area (Å²) in [6, 6.07) is 4.28. The van der Waals surface area contributed by atoms with E-state index in [4.69, 9.17) is 9.15 Å². The minimum Gasteiger partial charge on any atom is -0.467 e. The van der Waals surface area contributed by atoms with Crippen LogP contribution in [-0.4, -0.2) is 30.4 Å². The van der Waals surface area contributed by atoms with E-state index in [1.165, 1.54) is 38.5 Å². The molecule has 1 atom stereocenters. The number of aliphatic hydroxyl groups is 1. The molecule has 1 aromatic rings. The third-order valence-electron chi connectivity index (χ3n) is 3.63. The third-order valence-corrected chi connectivity index (χ3v) is 3.63. The molecule has 0 radical (unpaired) electrons. The summed E-state index contributed by atoms with van der Waals surface area (Å²) in [5, 5.41) is 13.3. The fourth-order valence-electron chi connectivity index (χ4n) is 2.54. The molecule has 0 spiro atoms. The highest BCUT2D eigenvalue weighted by Gasteiger charge is 2.13. The van der Waals surface area contributed by atoms with Gasteiger partial charge in [0.2, 0.25) is 0 Å². The Morgan fingerprint density at radius 2 is 2.11 bits per heavy atom. The van der Waals surface area contributed by atoms with Crippen LogP contribution < -0.4 is 5.32 Å². The van der Waals surface area contributed by atoms with Crippen LogP contribution in [0.3, 0.4) is 0 Å². The normalized spacial score (nSPS) is 19.2. The van der Waals surface area contributed by atoms with Gasteiger partial charge in [-0.2, -0.15) is 0 Å². The van der Waals surface area contributed by atoms with Gasteiger partial charge in [0.15, 0.2) is 0 Å². The molecule has 1 heterocycles. The van der Waals surface area contributed by atoms with Gasteiger partial charge in [0.05, 0.1) is 19.0 Å². The molecule has 2 rings (SSSR count). The number of hydrogen-bond donors (Lipinski definition) is 2. The molecule has 2 N–H and O–H groups in total. The van der Waals surface area contributed by atoms with E-state index < -0.39 is 6.10 Å². The Morgan fingerprint density at radius 1 is 1.32 bits per heavy atom. The standard InChI is InChI=1S/C15H25NO3/c17-14(11-18-12-15-8-5-9-19-15)10-16-13-6-3-1-2-4-7-13/h5,8-9,13-14,16-17H,1-4,6-7,10-12H2. The van der Waals surface area contributed by atoms with E-state index in [0.29, 0.717) is 25.8 Å². The molecule has 4 nitrogen and oxygen atoms in total. The van der Waals surface area contributed by atoms with Crippen molar-refractivity contribution in [3.63, 3.8) is 0 Å². The zero-order valence-electron chi connectivity index (χ0n) is 11.5. The van der Waals surface area contributed by atoms with Crippen molar-refractivity contribution in [2.45, 2.75) is 57.3 Å². The van der Waals surface area contributed by atoms with Crippen LogP contribution in [0.2, 0.25) is 0 Å². The van der Waals surface area contributed by atoms with Crippen LogP contribution in [0.25, 0.3) is 0 Å². The van der Waals surface area contributed by atoms with Crippen molar-refractivity contribution in [1.82, 2.24) is 5.32 Å². The Balaban J connectivity index is 1.54. The summed E-state index contributed by atoms with van der Waals surface area (Å²) >= 11 is 0. The van der Waals surface area contributed by atoms with Crippen molar-refractivity contribution < 1.29 is 14.3 Å². The SMILES string of the molecule is OC(CNC1CCCCCC1)COCc1ccco1. The van der Waals surface area contributed by atoms with Crippen molar-refractivity contribution in [3.8, 4) is 0 Å². The maximum atomic E-state index is 9.86. The third kappa shape index (κ3) is 5.76. The fourth-order valence-corrected chi connectivity index (χ4v) is 2.54. The van der Waals surface area contributed by atoms with E-state index >= 15 is 0 Å². The Labute approximate surface area is 115 Å². The number of hydrogen-bond acceptors (Lipinski definition) is 4. The second kappa shape index (κ2) is 8.35. The molecule has 0 amide bonds. The monoisotopic (exact) mass is 267 g/mol. The Morgan fingerprint density at radius 3 is 2.79 bits per heavy atom. The predicted molar refractivity (Wildman–Crippen MR) is 73.9 cm³/mol. The van der Waals surface area contributed by atoms with Crippen LogP contribution >= 0.6 is 0 Å². The first-order chi connectivity index (χ1) is 9.34. The number of nitrogens with one attached hydrogen (secondary N) is 1. The smallest absolute Gasteiger partial charge is 0.129 e. The topological polar surface area (TPSA) is 54.6 Å². The van der Waals surface area contributed by atoms with Gasteiger partial charge in [-0.05, 0) is 25.0 Å². The molecule has 4 heteroatoms. The zero-order valence-corrected chi connectivity index (χ0v) is 11.5. The van der Waals surface area contributed by atoms with E-state index in [0.717, 1.165) is 5.76 Å². The van der Waals surface area contributed by atoms with Gasteiger partial charge < -0.3 is 19.6 Å². The van der Waals surface area contributed by atoms with Crippen molar-refractivity contribution in [2.75, 3.05) is 13.2 Å². The van der Waals surface area contributed by atoms with Gasteiger partial charge in [-0.25, -0.2) is 0 Å². The molecule has 1 fully saturated rings. The van der Waals surface area contributed by atoms with E-state index in [1.54, 1.807) is 6.26 Å². The van der Waals surface area contributed by atoms with Crippen molar-refractivity contribution >= 4 is 0 Å². The number of aliphatic hydroxyl groups excluding tert-OH is 1. The van der Waals surface area contributed by atoms with Gasteiger partial charge in [0.1, 0.15) is 12.4 Å². The fraction of sp³-hybridized carbons (Fsp3) is 0.733. The predicted octanol–water partition coefficient (Wildman–Crippen LogP) is 2.47. The van der Waals surface area contributed by atoms with Crippen molar-refractivity contribution in [1.29, 1.82) is 0 Å². The quantitative estimate of drug-likeness (QED) is 0.745. The molecular weight excluding hydrogens is 242 g/mol. The van der Waals surface area contributed by atoms with Gasteiger partial charge in [-0.1, -0.05) is 25.7 Å². The lowest BCUT2D eigenvalue weighted by Crippen LogP contribution is -2.37. The summed E-state index contributed by atoms with van der Waals surface area (Å²) in [6.45, 7) is 1.39. The average Bonchev–Trinajstić information content (AvgIpc) is 2.79. The molecule has 1 unspecified atom stereocenters. The average molecular weight is 267 g/mol. The number of furan rings is 1. The first-order valence-electron chi connectivity index (χ1n) is 7.36. The van der Waals surface area contributed by atoms with Crippen LogP contribution in [-0.2, 0) is 11.3 Å². The Hall–Kier alpha value is -0.840. The highest BCUT2D eigenvalue weighted by molar-refractivity contribution is 4.96. The molecule has 0 saturated heterocycles. The van der Waals surface area contributed by atoms with Gasteiger partial charge >= 0.3 is 0 Å². The minimum atomic E-state index is -0.446. The second-order valence-corrected chi connectivity index (χ2v) is 5.35. The van der Waals surface area contributed by atoms with Gasteiger partial charge in [-0.3, -0.25) is 0 Å². The maximum absolute atomic E-state index is 9.86. The van der Waals surface area contributed by atoms with Crippen LogP contribution in [0, 0.1) is 0 Å². The maximum Gasteiger partial charge on any atom is 0.129 e. The Kier molecular flexibility index (Phi) is 6.41. The lowest BCUT2D eigenvalue weighted by atomic mass is 10.1. The summed E-state index contributed by atoms with van der Waals surface area (Å²) in [6.07, 6.45) is 8.98. The van der Waals surface area contributed by atoms with Gasteiger partial charge in [-0.15, -0.1) is 0 Å². The van der Waals surface area contributed by atoms with Crippen LogP contribution in [0.4, 0.5) is 0 Å². The molecule has 0 aliphatic heterocycles. The molecule has 0 aromatic carbocycles. The highest BCUT2D eigenvalue weighted by atomic mass is 16.5. The summed E-state index contributed by atoms with van der Waals surface area (Å²) in [7, 11) is 0. The number of ether oxygens (including phenoxy) is 1. The summed E-state index contributed by atoms with van der Waals surface area (Å²) < 4.78 is 10.6. The summed E-state index contributed by atoms with van der Waals surface area (Å²) in [4.78, 5) is 0. The van der Waals surface area contributed by atoms with E-state index in [-0.39, 0.29) is 0 Å². The molecule has 1 aliphatic rings. The lowest BCUT2D eigenvalue weighted by molar-refractivity contribution is 0.0213.